The van der Waals surface area contributed by atoms with E-state index >= 15 is 0 Å². The van der Waals surface area contributed by atoms with Crippen molar-refractivity contribution in [2.45, 2.75) is 13.3 Å². The van der Waals surface area contributed by atoms with Crippen molar-refractivity contribution in [3.63, 3.8) is 0 Å². The van der Waals surface area contributed by atoms with Crippen molar-refractivity contribution in [1.82, 2.24) is 0 Å². The first-order valence-electron chi connectivity index (χ1n) is 5.29. The number of carboxylic acid groups (broad SMARTS) is 1. The van der Waals surface area contributed by atoms with E-state index in [4.69, 9.17) is 9.84 Å². The van der Waals surface area contributed by atoms with E-state index in [0.717, 1.165) is 0 Å². The maximum Gasteiger partial charge on any atom is 0.336 e. The minimum absolute atomic E-state index is 0.141. The zero-order valence-corrected chi connectivity index (χ0v) is 9.55. The first kappa shape index (κ1) is 13.0. The van der Waals surface area contributed by atoms with Crippen molar-refractivity contribution in [2.75, 3.05) is 6.61 Å². The highest BCUT2D eigenvalue weighted by molar-refractivity contribution is 5.92. The van der Waals surface area contributed by atoms with Crippen LogP contribution in [-0.4, -0.2) is 23.7 Å². The van der Waals surface area contributed by atoms with Crippen LogP contribution in [0.1, 0.15) is 29.3 Å². The van der Waals surface area contributed by atoms with Crippen molar-refractivity contribution in [3.05, 3.63) is 41.5 Å². The lowest BCUT2D eigenvalue weighted by atomic mass is 10.1. The smallest absolute Gasteiger partial charge is 0.336 e. The van der Waals surface area contributed by atoms with E-state index < -0.39 is 5.97 Å². The molecule has 0 saturated carbocycles. The molecule has 4 heteroatoms. The van der Waals surface area contributed by atoms with Gasteiger partial charge in [0.05, 0.1) is 18.6 Å². The highest BCUT2D eigenvalue weighted by atomic mass is 16.5. The molecule has 0 spiro atoms. The predicted molar refractivity (Wildman–Crippen MR) is 63.7 cm³/mol. The lowest BCUT2D eigenvalue weighted by molar-refractivity contribution is -0.142. The first-order valence-corrected chi connectivity index (χ1v) is 5.29. The van der Waals surface area contributed by atoms with Gasteiger partial charge < -0.3 is 9.84 Å². The van der Waals surface area contributed by atoms with Gasteiger partial charge in [-0.1, -0.05) is 30.4 Å². The average Bonchev–Trinajstić information content (AvgIpc) is 2.30. The number of esters is 1. The summed E-state index contributed by atoms with van der Waals surface area (Å²) in [5, 5.41) is 8.93. The normalized spacial score (nSPS) is 10.4. The molecular weight excluding hydrogens is 220 g/mol. The van der Waals surface area contributed by atoms with Crippen LogP contribution in [0.3, 0.4) is 0 Å². The largest absolute Gasteiger partial charge is 0.478 e. The summed E-state index contributed by atoms with van der Waals surface area (Å²) in [5.41, 5.74) is 0.789. The maximum atomic E-state index is 11.1. The second-order valence-corrected chi connectivity index (χ2v) is 3.30. The van der Waals surface area contributed by atoms with E-state index in [1.165, 1.54) is 6.07 Å². The lowest BCUT2D eigenvalue weighted by Crippen LogP contribution is -2.02. The van der Waals surface area contributed by atoms with E-state index in [-0.39, 0.29) is 18.0 Å². The molecule has 4 nitrogen and oxygen atoms in total. The van der Waals surface area contributed by atoms with Crippen LogP contribution >= 0.6 is 0 Å². The Morgan fingerprint density at radius 2 is 2.06 bits per heavy atom. The first-order chi connectivity index (χ1) is 8.15. The van der Waals surface area contributed by atoms with Gasteiger partial charge in [-0.15, -0.1) is 0 Å². The number of carbonyl (C=O) groups excluding carboxylic acids is 1. The van der Waals surface area contributed by atoms with Gasteiger partial charge in [0, 0.05) is 0 Å². The van der Waals surface area contributed by atoms with Crippen LogP contribution in [0.25, 0.3) is 6.08 Å². The Labute approximate surface area is 99.5 Å². The van der Waals surface area contributed by atoms with E-state index in [0.29, 0.717) is 12.2 Å². The molecule has 1 rings (SSSR count). The molecule has 0 aliphatic heterocycles. The zero-order chi connectivity index (χ0) is 12.7. The van der Waals surface area contributed by atoms with Gasteiger partial charge >= 0.3 is 11.9 Å². The number of carboxylic acids is 1. The molecule has 0 bridgehead atoms. The van der Waals surface area contributed by atoms with Gasteiger partial charge in [0.15, 0.2) is 0 Å². The predicted octanol–water partition coefficient (Wildman–Crippen LogP) is 2.35. The minimum Gasteiger partial charge on any atom is -0.478 e. The van der Waals surface area contributed by atoms with Crippen molar-refractivity contribution < 1.29 is 19.4 Å². The molecule has 1 aromatic rings. The fourth-order valence-corrected chi connectivity index (χ4v) is 1.34. The van der Waals surface area contributed by atoms with E-state index in [1.807, 2.05) is 0 Å². The molecule has 0 fully saturated rings. The monoisotopic (exact) mass is 234 g/mol. The Balaban J connectivity index is 2.71. The number of ether oxygens (including phenoxy) is 1. The number of hydrogen-bond donors (Lipinski definition) is 1. The fraction of sp³-hybridized carbons (Fsp3) is 0.231. The summed E-state index contributed by atoms with van der Waals surface area (Å²) in [7, 11) is 0. The Morgan fingerprint density at radius 3 is 2.71 bits per heavy atom. The number of rotatable bonds is 5. The van der Waals surface area contributed by atoms with E-state index in [9.17, 15) is 9.59 Å². The standard InChI is InChI=1S/C13H14O4/c1-2-17-12(14)9-5-7-10-6-3-4-8-11(10)13(15)16/h3-8H,2,9H2,1H3,(H,15,16). The van der Waals surface area contributed by atoms with Gasteiger partial charge in [-0.2, -0.15) is 0 Å². The lowest BCUT2D eigenvalue weighted by Gasteiger charge is -2.00. The molecule has 0 aliphatic carbocycles. The third kappa shape index (κ3) is 4.10. The van der Waals surface area contributed by atoms with E-state index in [2.05, 4.69) is 0 Å². The molecule has 0 heterocycles. The summed E-state index contributed by atoms with van der Waals surface area (Å²) in [6.07, 6.45) is 3.35. The highest BCUT2D eigenvalue weighted by Crippen LogP contribution is 2.11. The summed E-state index contributed by atoms with van der Waals surface area (Å²) in [6, 6.07) is 6.61. The molecule has 0 aliphatic rings. The molecule has 0 atom stereocenters. The van der Waals surface area contributed by atoms with Crippen LogP contribution in [0, 0.1) is 0 Å². The molecule has 0 unspecified atom stereocenters. The number of aromatic carboxylic acids is 1. The number of hydrogen-bond acceptors (Lipinski definition) is 3. The van der Waals surface area contributed by atoms with Crippen LogP contribution in [0.5, 0.6) is 0 Å². The Hall–Kier alpha value is -2.10. The maximum absolute atomic E-state index is 11.1. The molecular formula is C13H14O4. The zero-order valence-electron chi connectivity index (χ0n) is 9.55. The van der Waals surface area contributed by atoms with Crippen LogP contribution < -0.4 is 0 Å². The molecule has 1 N–H and O–H groups in total. The van der Waals surface area contributed by atoms with E-state index in [1.54, 1.807) is 37.3 Å². The average molecular weight is 234 g/mol. The van der Waals surface area contributed by atoms with Gasteiger partial charge in [0.1, 0.15) is 0 Å². The van der Waals surface area contributed by atoms with Gasteiger partial charge in [0.2, 0.25) is 0 Å². The Kier molecular flexibility index (Phi) is 4.94. The number of carbonyl (C=O) groups is 2. The summed E-state index contributed by atoms with van der Waals surface area (Å²) < 4.78 is 4.75. The molecule has 0 aromatic heterocycles. The Bertz CT molecular complexity index is 435. The summed E-state index contributed by atoms with van der Waals surface area (Å²) in [4.78, 5) is 22.0. The van der Waals surface area contributed by atoms with Crippen molar-refractivity contribution >= 4 is 18.0 Å². The Morgan fingerprint density at radius 1 is 1.35 bits per heavy atom. The van der Waals surface area contributed by atoms with Gasteiger partial charge in [-0.3, -0.25) is 4.79 Å². The highest BCUT2D eigenvalue weighted by Gasteiger charge is 2.06. The SMILES string of the molecule is CCOC(=O)CC=Cc1ccccc1C(=O)O. The summed E-state index contributed by atoms with van der Waals surface area (Å²) in [6.45, 7) is 2.08. The van der Waals surface area contributed by atoms with Crippen LogP contribution in [0.4, 0.5) is 0 Å². The van der Waals surface area contributed by atoms with Crippen LogP contribution in [0.15, 0.2) is 30.3 Å². The van der Waals surface area contributed by atoms with Crippen molar-refractivity contribution in [3.8, 4) is 0 Å². The van der Waals surface area contributed by atoms with Crippen molar-refractivity contribution in [2.24, 2.45) is 0 Å². The second-order valence-electron chi connectivity index (χ2n) is 3.30. The van der Waals surface area contributed by atoms with Crippen LogP contribution in [0.2, 0.25) is 0 Å². The summed E-state index contributed by atoms with van der Waals surface area (Å²) >= 11 is 0. The third-order valence-corrected chi connectivity index (χ3v) is 2.08. The molecule has 17 heavy (non-hydrogen) atoms. The molecule has 0 amide bonds. The topological polar surface area (TPSA) is 63.6 Å². The van der Waals surface area contributed by atoms with Crippen LogP contribution in [-0.2, 0) is 9.53 Å². The third-order valence-electron chi connectivity index (χ3n) is 2.08. The molecule has 90 valence electrons. The quantitative estimate of drug-likeness (QED) is 0.794. The van der Waals surface area contributed by atoms with Gasteiger partial charge in [0.25, 0.3) is 0 Å². The molecule has 0 saturated heterocycles. The van der Waals surface area contributed by atoms with Crippen molar-refractivity contribution in [1.29, 1.82) is 0 Å². The molecule has 1 aromatic carbocycles. The van der Waals surface area contributed by atoms with Gasteiger partial charge in [-0.25, -0.2) is 4.79 Å². The summed E-state index contributed by atoms with van der Waals surface area (Å²) in [5.74, 6) is -1.31. The fourth-order valence-electron chi connectivity index (χ4n) is 1.34. The molecule has 0 radical (unpaired) electrons. The number of benzene rings is 1. The minimum atomic E-state index is -0.985. The second kappa shape index (κ2) is 6.48. The van der Waals surface area contributed by atoms with Gasteiger partial charge in [-0.05, 0) is 18.6 Å².